The number of carbonyl (C=O) groups is 1. The molecule has 0 spiro atoms. The number of nitrogens with one attached hydrogen (secondary N) is 1. The summed E-state index contributed by atoms with van der Waals surface area (Å²) in [4.78, 5) is 31.4. The van der Waals surface area contributed by atoms with Gasteiger partial charge in [0.25, 0.3) is 0 Å². The minimum Gasteiger partial charge on any atom is -0.540 e. The lowest BCUT2D eigenvalue weighted by atomic mass is 9.98. The van der Waals surface area contributed by atoms with Gasteiger partial charge in [0.05, 0.1) is 10.7 Å². The average Bonchev–Trinajstić information content (AvgIpc) is 3.44. The number of thiophene rings is 1. The van der Waals surface area contributed by atoms with Crippen LogP contribution in [0.3, 0.4) is 0 Å². The molecule has 166 valence electrons. The number of aryl methyl sites for hydroxylation is 2. The fourth-order valence-electron chi connectivity index (χ4n) is 4.04. The number of hydrogen-bond acceptors (Lipinski definition) is 7. The highest BCUT2D eigenvalue weighted by Gasteiger charge is 2.29. The van der Waals surface area contributed by atoms with E-state index < -0.39 is 16.6 Å². The summed E-state index contributed by atoms with van der Waals surface area (Å²) in [5.41, 5.74) is 4.95. The van der Waals surface area contributed by atoms with E-state index in [1.54, 1.807) is 0 Å². The zero-order valence-electron chi connectivity index (χ0n) is 17.8. The molecule has 1 unspecified atom stereocenters. The molecule has 3 heterocycles. The molecule has 8 nitrogen and oxygen atoms in total. The first kappa shape index (κ1) is 21.3. The van der Waals surface area contributed by atoms with Gasteiger partial charge >= 0.3 is 4.87 Å². The van der Waals surface area contributed by atoms with Crippen LogP contribution in [-0.2, 0) is 6.54 Å². The molecule has 5 aromatic rings. The van der Waals surface area contributed by atoms with Gasteiger partial charge in [-0.05, 0) is 23.6 Å². The minimum atomic E-state index is -1.26. The van der Waals surface area contributed by atoms with E-state index in [1.807, 2.05) is 66.9 Å². The lowest BCUT2D eigenvalue weighted by Gasteiger charge is -2.10. The fourth-order valence-corrected chi connectivity index (χ4v) is 5.75. The predicted octanol–water partition coefficient (Wildman–Crippen LogP) is 3.01. The smallest absolute Gasteiger partial charge is 0.323 e. The highest BCUT2D eigenvalue weighted by atomic mass is 32.2. The molecular weight excluding hydrogens is 458 g/mol. The minimum absolute atomic E-state index is 0.103. The van der Waals surface area contributed by atoms with Crippen molar-refractivity contribution in [2.75, 3.05) is 5.14 Å². The number of benzene rings is 2. The van der Waals surface area contributed by atoms with E-state index >= 15 is 0 Å². The van der Waals surface area contributed by atoms with Crippen molar-refractivity contribution in [3.05, 3.63) is 79.3 Å². The Morgan fingerprint density at radius 3 is 2.48 bits per heavy atom. The van der Waals surface area contributed by atoms with Crippen LogP contribution in [0.5, 0.6) is 0 Å². The van der Waals surface area contributed by atoms with E-state index in [9.17, 15) is 14.7 Å². The number of imidazole rings is 1. The van der Waals surface area contributed by atoms with Crippen LogP contribution in [0.25, 0.3) is 33.5 Å². The summed E-state index contributed by atoms with van der Waals surface area (Å²) >= 11 is 0.893. The fraction of sp³-hybridized carbons (Fsp3) is 0.130. The number of fused-ring (bicyclic) bond motifs is 1. The Labute approximate surface area is 195 Å². The number of nitrogens with two attached hydrogens (primary N) is 1. The standard InChI is InChI=1S/C23H19N5O3S2/c1-12-18-19(20(22(29)30)33(12)24)28(13(2)25-18)11-14-7-9-15(10-8-14)16-5-3-4-6-17(16)21-26-23(31)32-27-21/h3-10H,11,24H2,1-2H3,(H-,26,27,29,30,31). The molecule has 0 saturated carbocycles. The Bertz CT molecular complexity index is 1570. The van der Waals surface area contributed by atoms with Crippen LogP contribution in [0.4, 0.5) is 0 Å². The number of aromatic carboxylic acids is 1. The molecule has 3 N–H and O–H groups in total. The van der Waals surface area contributed by atoms with Crippen LogP contribution in [0.15, 0.2) is 53.3 Å². The molecule has 0 aliphatic carbocycles. The topological polar surface area (TPSA) is 130 Å². The normalized spacial score (nSPS) is 11.9. The molecule has 0 fully saturated rings. The molecule has 1 atom stereocenters. The molecule has 0 saturated heterocycles. The lowest BCUT2D eigenvalue weighted by Crippen LogP contribution is -2.23. The average molecular weight is 478 g/mol. The lowest BCUT2D eigenvalue weighted by molar-refractivity contribution is -0.254. The van der Waals surface area contributed by atoms with Crippen molar-refractivity contribution >= 4 is 39.2 Å². The molecule has 0 radical (unpaired) electrons. The molecule has 0 aliphatic heterocycles. The van der Waals surface area contributed by atoms with Gasteiger partial charge in [-0.25, -0.2) is 4.98 Å². The van der Waals surface area contributed by atoms with Gasteiger partial charge in [0.2, 0.25) is 4.88 Å². The van der Waals surface area contributed by atoms with E-state index in [-0.39, 0.29) is 9.75 Å². The zero-order valence-corrected chi connectivity index (χ0v) is 19.4. The quantitative estimate of drug-likeness (QED) is 0.374. The molecule has 5 rings (SSSR count). The van der Waals surface area contributed by atoms with E-state index in [4.69, 9.17) is 5.14 Å². The van der Waals surface area contributed by atoms with Crippen LogP contribution in [0, 0.1) is 13.8 Å². The van der Waals surface area contributed by atoms with Crippen molar-refractivity contribution in [1.82, 2.24) is 18.9 Å². The number of aromatic nitrogens is 4. The zero-order chi connectivity index (χ0) is 23.3. The van der Waals surface area contributed by atoms with Gasteiger partial charge in [-0.2, -0.15) is 4.37 Å². The highest BCUT2D eigenvalue weighted by Crippen LogP contribution is 2.36. The number of hydrogen-bond donors (Lipinski definition) is 2. The Morgan fingerprint density at radius 2 is 1.85 bits per heavy atom. The molecule has 2 aromatic carbocycles. The summed E-state index contributed by atoms with van der Waals surface area (Å²) in [5, 5.41) is 17.9. The van der Waals surface area contributed by atoms with E-state index in [0.717, 1.165) is 44.5 Å². The van der Waals surface area contributed by atoms with Crippen molar-refractivity contribution in [3.63, 3.8) is 0 Å². The Kier molecular flexibility index (Phi) is 5.20. The van der Waals surface area contributed by atoms with Crippen molar-refractivity contribution < 1.29 is 9.90 Å². The van der Waals surface area contributed by atoms with Crippen LogP contribution >= 0.6 is 22.2 Å². The van der Waals surface area contributed by atoms with Gasteiger partial charge in [0.15, 0.2) is 16.2 Å². The number of rotatable bonds is 5. The monoisotopic (exact) mass is 477 g/mol. The Hall–Kier alpha value is -3.60. The van der Waals surface area contributed by atoms with E-state index in [0.29, 0.717) is 23.4 Å². The Balaban J connectivity index is 1.53. The maximum absolute atomic E-state index is 11.8. The molecule has 3 aromatic heterocycles. The summed E-state index contributed by atoms with van der Waals surface area (Å²) in [6, 6.07) is 15.7. The van der Waals surface area contributed by atoms with Crippen molar-refractivity contribution in [1.29, 1.82) is 0 Å². The summed E-state index contributed by atoms with van der Waals surface area (Å²) in [7, 11) is -1.02. The number of nitrogens with zero attached hydrogens (tertiary/aromatic N) is 3. The second-order valence-corrected chi connectivity index (χ2v) is 10.1. The largest absolute Gasteiger partial charge is 0.540 e. The molecule has 0 amide bonds. The van der Waals surface area contributed by atoms with E-state index in [1.165, 1.54) is 0 Å². The second kappa shape index (κ2) is 8.07. The number of aromatic amines is 1. The number of nitrogen functional groups attached to an aromatic ring is 1. The number of carboxylic acid groups (broad SMARTS) is 1. The predicted molar refractivity (Wildman–Crippen MR) is 129 cm³/mol. The summed E-state index contributed by atoms with van der Waals surface area (Å²) in [6.45, 7) is 4.12. The molecule has 10 heteroatoms. The van der Waals surface area contributed by atoms with Gasteiger partial charge in [0.1, 0.15) is 17.3 Å². The molecule has 0 aliphatic rings. The van der Waals surface area contributed by atoms with Gasteiger partial charge in [0, 0.05) is 30.6 Å². The van der Waals surface area contributed by atoms with Crippen molar-refractivity contribution in [2.45, 2.75) is 20.4 Å². The summed E-state index contributed by atoms with van der Waals surface area (Å²) < 4.78 is 6.09. The van der Waals surface area contributed by atoms with Gasteiger partial charge in [-0.15, -0.1) is 5.14 Å². The number of carbonyl (C=O) groups excluding carboxylic acids is 1. The van der Waals surface area contributed by atoms with Gasteiger partial charge < -0.3 is 14.5 Å². The third kappa shape index (κ3) is 3.58. The van der Waals surface area contributed by atoms with Crippen molar-refractivity contribution in [3.8, 4) is 22.5 Å². The van der Waals surface area contributed by atoms with Gasteiger partial charge in [-0.1, -0.05) is 48.5 Å². The summed E-state index contributed by atoms with van der Waals surface area (Å²) in [6.07, 6.45) is 0. The third-order valence-corrected chi connectivity index (χ3v) is 7.86. The molecule has 0 bridgehead atoms. The second-order valence-electron chi connectivity index (χ2n) is 7.64. The van der Waals surface area contributed by atoms with E-state index in [2.05, 4.69) is 14.3 Å². The highest BCUT2D eigenvalue weighted by molar-refractivity contribution is 7.34. The first-order valence-electron chi connectivity index (χ1n) is 10.1. The number of carboxylic acids is 1. The van der Waals surface area contributed by atoms with Crippen LogP contribution in [0.2, 0.25) is 0 Å². The molecule has 33 heavy (non-hydrogen) atoms. The maximum Gasteiger partial charge on any atom is 0.323 e. The third-order valence-electron chi connectivity index (χ3n) is 5.67. The van der Waals surface area contributed by atoms with Crippen LogP contribution in [0.1, 0.15) is 25.9 Å². The van der Waals surface area contributed by atoms with Crippen LogP contribution in [-0.4, -0.2) is 24.9 Å². The maximum atomic E-state index is 11.8. The first-order chi connectivity index (χ1) is 15.8. The van der Waals surface area contributed by atoms with Crippen LogP contribution < -0.4 is 15.1 Å². The van der Waals surface area contributed by atoms with Crippen molar-refractivity contribution in [2.24, 2.45) is 0 Å². The molecular formula is C23H19N5O3S2. The first-order valence-corrected chi connectivity index (χ1v) is 12.1. The number of H-pyrrole nitrogens is 1. The van der Waals surface area contributed by atoms with Gasteiger partial charge in [-0.3, -0.25) is 9.78 Å². The SMILES string of the molecule is Cc1nc2c(C)[s+](N)c(C(=O)[O-])c2n1Cc1ccc(-c2ccccc2-c2nsc(=O)[nH]2)cc1. The summed E-state index contributed by atoms with van der Waals surface area (Å²) in [5.74, 6) is 0.00671. The Morgan fingerprint density at radius 1 is 1.15 bits per heavy atom.